The molecule has 0 aromatic heterocycles. The van der Waals surface area contributed by atoms with Crippen molar-refractivity contribution in [2.75, 3.05) is 26.3 Å². The fraction of sp³-hybridized carbons (Fsp3) is 0.612. The minimum atomic E-state index is -2.61. The van der Waals surface area contributed by atoms with Gasteiger partial charge < -0.3 is 110 Å². The number of aliphatic hydroxyl groups excluding tert-OH is 4. The molecule has 0 radical (unpaired) electrons. The van der Waals surface area contributed by atoms with Gasteiger partial charge in [-0.15, -0.1) is 0 Å². The second kappa shape index (κ2) is 42.0. The van der Waals surface area contributed by atoms with E-state index < -0.39 is 211 Å². The molecule has 35 nitrogen and oxygen atoms in total. The highest BCUT2D eigenvalue weighted by Crippen LogP contribution is 2.25. The van der Waals surface area contributed by atoms with Crippen molar-refractivity contribution in [2.45, 2.75) is 212 Å². The summed E-state index contributed by atoms with van der Waals surface area (Å²) in [6, 6.07) is -3.35. The number of nitrogens with two attached hydrogens (primary N) is 3. The number of carbonyl (C=O) groups is 13. The number of ether oxygens (including phenoxy) is 3. The van der Waals surface area contributed by atoms with Crippen LogP contribution in [0.4, 0.5) is 4.79 Å². The van der Waals surface area contributed by atoms with Crippen molar-refractivity contribution >= 4 is 83.0 Å². The van der Waals surface area contributed by atoms with Gasteiger partial charge in [-0.3, -0.25) is 57.7 Å². The number of hydrogen-bond acceptors (Lipinski definition) is 21. The van der Waals surface area contributed by atoms with Crippen molar-refractivity contribution in [3.8, 4) is 0 Å². The highest BCUT2D eigenvalue weighted by Gasteiger charge is 2.44. The lowest BCUT2D eigenvalue weighted by atomic mass is 9.95. The highest BCUT2D eigenvalue weighted by atomic mass is 16.6. The zero-order chi connectivity index (χ0) is 76.9. The van der Waals surface area contributed by atoms with Gasteiger partial charge in [-0.2, -0.15) is 0 Å². The van der Waals surface area contributed by atoms with Gasteiger partial charge in [0.25, 0.3) is 0 Å². The Morgan fingerprint density at radius 1 is 0.647 bits per heavy atom. The summed E-state index contributed by atoms with van der Waals surface area (Å²) in [4.78, 5) is 190. The molecule has 1 aliphatic rings. The number of rotatable bonds is 26. The predicted octanol–water partition coefficient (Wildman–Crippen LogP) is -3.70. The van der Waals surface area contributed by atoms with Crippen molar-refractivity contribution < 1.29 is 97.0 Å². The van der Waals surface area contributed by atoms with Crippen molar-refractivity contribution in [3.63, 3.8) is 0 Å². The minimum absolute atomic E-state index is 0.0233. The van der Waals surface area contributed by atoms with Crippen molar-refractivity contribution in [2.24, 2.45) is 45.9 Å². The minimum Gasteiger partial charge on any atom is -0.453 e. The monoisotopic (exact) mass is 1440 g/mol. The number of amides is 12. The Morgan fingerprint density at radius 2 is 1.21 bits per heavy atom. The van der Waals surface area contributed by atoms with E-state index in [9.17, 15) is 68.4 Å². The molecule has 2 aromatic carbocycles. The fourth-order valence-corrected chi connectivity index (χ4v) is 10.1. The Balaban J connectivity index is 2.43. The van der Waals surface area contributed by atoms with E-state index in [2.05, 4.69) is 52.8 Å². The Kier molecular flexibility index (Phi) is 35.7. The van der Waals surface area contributed by atoms with Crippen LogP contribution in [0.25, 0.3) is 0 Å². The topological polar surface area (TPSA) is 553 Å². The molecule has 1 aliphatic heterocycles. The summed E-state index contributed by atoms with van der Waals surface area (Å²) in [5, 5.41) is 70.9. The van der Waals surface area contributed by atoms with Crippen molar-refractivity contribution in [1.29, 1.82) is 0 Å². The summed E-state index contributed by atoms with van der Waals surface area (Å²) in [5.41, 5.74) is 16.1. The molecule has 568 valence electrons. The van der Waals surface area contributed by atoms with Gasteiger partial charge in [0.1, 0.15) is 61.0 Å². The quantitative estimate of drug-likeness (QED) is 0.0187. The van der Waals surface area contributed by atoms with Gasteiger partial charge in [-0.05, 0) is 88.2 Å². The van der Waals surface area contributed by atoms with E-state index in [1.807, 2.05) is 10.6 Å². The van der Waals surface area contributed by atoms with Gasteiger partial charge in [0.2, 0.25) is 65.0 Å². The second-order valence-corrected chi connectivity index (χ2v) is 27.0. The lowest BCUT2D eigenvalue weighted by Crippen LogP contribution is -2.64. The standard InChI is InChI=1S/C67H105N15O20/c1-13-36(8)46-60(94)80-47(37(9)84)59(93)72-29-45(85)78-49(52(87)54(68)88)62(96)76-43(30-83)64(98)102-53(39-23-18-15-19-24-39)50(82-57(91)42(28-34(4)5)74-58(92)44(32-101-67(10,11)12)77-66(99)100-31-38-21-16-14-17-22-38)63(97)81-48(51(86)35(6)7)61(95)75-41(27-33(2)3)56(90)73-40(55(89)79-46)25-20-26-71-65(69)70/h14-19,21-24,33-37,40-44,46-53,83-84,86-87H,13,20,25-32H2,1-12H3,(H2,68,88)(H,72,93)(H,73,90)(H,74,92)(H,75,95)(H,76,96)(H,77,99)(H,78,85)(H,79,89)(H,80,94)(H,81,97)(H,82,91)(H4,69,70,71)/t36-,37-,40+,41-,42-,43-,44+,46?,47?,48-,49-,50-,51+,52-,53+/m0/s1. The van der Waals surface area contributed by atoms with Gasteiger partial charge in [0, 0.05) is 6.54 Å². The third-order valence-electron chi connectivity index (χ3n) is 15.9. The molecule has 35 heteroatoms. The van der Waals surface area contributed by atoms with Crippen LogP contribution < -0.4 is 75.7 Å². The summed E-state index contributed by atoms with van der Waals surface area (Å²) in [7, 11) is 0. The predicted molar refractivity (Wildman–Crippen MR) is 368 cm³/mol. The maximum Gasteiger partial charge on any atom is 0.408 e. The Morgan fingerprint density at radius 3 is 1.75 bits per heavy atom. The lowest BCUT2D eigenvalue weighted by molar-refractivity contribution is -0.159. The Labute approximate surface area is 592 Å². The number of aliphatic hydroxyl groups is 4. The van der Waals surface area contributed by atoms with Crippen LogP contribution in [-0.2, 0) is 78.4 Å². The molecule has 15 atom stereocenters. The van der Waals surface area contributed by atoms with E-state index in [0.29, 0.717) is 5.56 Å². The van der Waals surface area contributed by atoms with Crippen LogP contribution in [0.3, 0.4) is 0 Å². The largest absolute Gasteiger partial charge is 0.453 e. The van der Waals surface area contributed by atoms with E-state index in [0.717, 1.165) is 6.92 Å². The molecule has 1 saturated heterocycles. The number of alkyl carbamates (subject to hydrolysis) is 1. The van der Waals surface area contributed by atoms with Crippen LogP contribution in [0, 0.1) is 23.7 Å². The average Bonchev–Trinajstić information content (AvgIpc) is 0.807. The molecule has 1 heterocycles. The second-order valence-electron chi connectivity index (χ2n) is 27.0. The van der Waals surface area contributed by atoms with Crippen LogP contribution in [0.1, 0.15) is 132 Å². The van der Waals surface area contributed by atoms with Crippen LogP contribution in [0.5, 0.6) is 0 Å². The van der Waals surface area contributed by atoms with E-state index in [1.165, 1.54) is 44.2 Å². The van der Waals surface area contributed by atoms with E-state index in [-0.39, 0.29) is 56.8 Å². The lowest BCUT2D eigenvalue weighted by Gasteiger charge is -2.34. The smallest absolute Gasteiger partial charge is 0.408 e. The number of benzene rings is 2. The van der Waals surface area contributed by atoms with Gasteiger partial charge in [-0.1, -0.05) is 122 Å². The molecule has 0 bridgehead atoms. The zero-order valence-corrected chi connectivity index (χ0v) is 59.7. The van der Waals surface area contributed by atoms with E-state index in [4.69, 9.17) is 31.4 Å². The summed E-state index contributed by atoms with van der Waals surface area (Å²) >= 11 is 0. The molecular weight excluding hydrogens is 1330 g/mol. The number of nitrogens with zero attached hydrogens (tertiary/aromatic N) is 1. The molecule has 0 spiro atoms. The maximum atomic E-state index is 15.6. The summed E-state index contributed by atoms with van der Waals surface area (Å²) < 4.78 is 17.3. The highest BCUT2D eigenvalue weighted by molar-refractivity contribution is 6.00. The first-order valence-electron chi connectivity index (χ1n) is 33.7. The van der Waals surface area contributed by atoms with Crippen LogP contribution >= 0.6 is 0 Å². The van der Waals surface area contributed by atoms with E-state index >= 15 is 14.4 Å². The number of carbonyl (C=O) groups excluding carboxylic acids is 13. The third-order valence-corrected chi connectivity index (χ3v) is 15.9. The zero-order valence-electron chi connectivity index (χ0n) is 59.7. The first kappa shape index (κ1) is 86.6. The number of nitrogens with one attached hydrogen (secondary N) is 11. The Hall–Kier alpha value is -9.58. The number of cyclic esters (lactones) is 1. The molecule has 21 N–H and O–H groups in total. The van der Waals surface area contributed by atoms with Crippen molar-refractivity contribution in [3.05, 3.63) is 71.8 Å². The first-order chi connectivity index (χ1) is 47.8. The molecule has 0 aliphatic carbocycles. The summed E-state index contributed by atoms with van der Waals surface area (Å²) in [6.45, 7) is 15.8. The normalized spacial score (nSPS) is 23.2. The van der Waals surface area contributed by atoms with Crippen LogP contribution in [-0.4, -0.2) is 214 Å². The van der Waals surface area contributed by atoms with Crippen molar-refractivity contribution in [1.82, 2.24) is 58.5 Å². The number of esters is 1. The molecule has 102 heavy (non-hydrogen) atoms. The molecule has 3 rings (SSSR count). The molecule has 1 fully saturated rings. The SMILES string of the molecule is CC[C@H](C)C1NC(=O)[C@@H](CCCN=C(N)N)NC(=O)[C@H](CC(C)C)NC(=O)[C@H]([C@H](O)C(C)C)NC(=O)[C@@H](NC(=O)[C@H](CC(C)C)NC(=O)[C@@H](COC(C)(C)C)NC(=O)OCc2ccccc2)[C@@H](c2ccccc2)OC(=O)[C@H](CO)NC(=O)[C@H]([C@H](O)C(N)=O)NC(=O)CNC(=O)C([C@H](C)O)NC1=O. The average molecular weight is 1440 g/mol. The van der Waals surface area contributed by atoms with Gasteiger partial charge >= 0.3 is 12.1 Å². The number of primary amides is 1. The molecule has 12 amide bonds. The molecule has 2 unspecified atom stereocenters. The number of guanidine groups is 1. The van der Waals surface area contributed by atoms with Gasteiger partial charge in [0.05, 0.1) is 37.6 Å². The van der Waals surface area contributed by atoms with Gasteiger partial charge in [0.15, 0.2) is 24.2 Å². The summed E-state index contributed by atoms with van der Waals surface area (Å²) in [6.07, 6.45) is -9.75. The Bertz CT molecular complexity index is 3190. The van der Waals surface area contributed by atoms with Gasteiger partial charge in [-0.25, -0.2) is 9.59 Å². The molecule has 2 aromatic rings. The maximum absolute atomic E-state index is 15.6. The van der Waals surface area contributed by atoms with E-state index in [1.54, 1.807) is 92.6 Å². The molecular formula is C67H105N15O20. The van der Waals surface area contributed by atoms with Crippen LogP contribution in [0.2, 0.25) is 0 Å². The fourth-order valence-electron chi connectivity index (χ4n) is 10.1. The number of aliphatic imine (C=N–C) groups is 1. The third kappa shape index (κ3) is 29.2. The van der Waals surface area contributed by atoms with Crippen LogP contribution in [0.15, 0.2) is 65.7 Å². The summed E-state index contributed by atoms with van der Waals surface area (Å²) in [5.74, 6) is -18.1. The molecule has 0 saturated carbocycles. The first-order valence-corrected chi connectivity index (χ1v) is 33.7. The number of hydrogen-bond donors (Lipinski definition) is 18.